The smallest absolute Gasteiger partial charge is 0.335 e. The van der Waals surface area contributed by atoms with Gasteiger partial charge in [-0.15, -0.1) is 0 Å². The van der Waals surface area contributed by atoms with Crippen molar-refractivity contribution in [3.05, 3.63) is 56.7 Å². The van der Waals surface area contributed by atoms with Crippen LogP contribution in [0.25, 0.3) is 0 Å². The Morgan fingerprint density at radius 2 is 2.14 bits per heavy atom. The highest BCUT2D eigenvalue weighted by atomic mass is 35.5. The molecule has 2 rings (SSSR count). The first-order chi connectivity index (χ1) is 9.88. The zero-order valence-corrected chi connectivity index (χ0v) is 11.6. The van der Waals surface area contributed by atoms with Crippen LogP contribution in [-0.2, 0) is 0 Å². The highest BCUT2D eigenvalue weighted by Crippen LogP contribution is 2.30. The monoisotopic (exact) mass is 307 g/mol. The number of rotatable bonds is 4. The summed E-state index contributed by atoms with van der Waals surface area (Å²) in [5, 5.41) is 22.7. The van der Waals surface area contributed by atoms with Crippen molar-refractivity contribution >= 4 is 34.8 Å². The number of halogens is 1. The number of nitro groups is 1. The SMILES string of the molecule is Cc1cnc(Nc2ccc(C(=O)O)cc2Cl)c([N+](=O)[O-])c1. The van der Waals surface area contributed by atoms with E-state index >= 15 is 0 Å². The quantitative estimate of drug-likeness (QED) is 0.662. The second-order valence-corrected chi connectivity index (χ2v) is 4.67. The first kappa shape index (κ1) is 14.7. The van der Waals surface area contributed by atoms with Crippen LogP contribution in [0.5, 0.6) is 0 Å². The number of anilines is 2. The number of hydrogen-bond acceptors (Lipinski definition) is 5. The summed E-state index contributed by atoms with van der Waals surface area (Å²) in [5.74, 6) is -1.07. The number of hydrogen-bond donors (Lipinski definition) is 2. The first-order valence-corrected chi connectivity index (χ1v) is 6.17. The maximum absolute atomic E-state index is 11.0. The van der Waals surface area contributed by atoms with E-state index in [1.54, 1.807) is 6.92 Å². The Hall–Kier alpha value is -2.67. The minimum absolute atomic E-state index is 0.0249. The van der Waals surface area contributed by atoms with Crippen LogP contribution < -0.4 is 5.32 Å². The summed E-state index contributed by atoms with van der Waals surface area (Å²) in [6.07, 6.45) is 1.48. The third-order valence-corrected chi connectivity index (χ3v) is 2.98. The lowest BCUT2D eigenvalue weighted by molar-refractivity contribution is -0.384. The van der Waals surface area contributed by atoms with Crippen LogP contribution >= 0.6 is 11.6 Å². The van der Waals surface area contributed by atoms with Gasteiger partial charge in [0.2, 0.25) is 5.82 Å². The van der Waals surface area contributed by atoms with Crippen molar-refractivity contribution in [2.75, 3.05) is 5.32 Å². The molecule has 0 radical (unpaired) electrons. The maximum Gasteiger partial charge on any atom is 0.335 e. The number of carboxylic acid groups (broad SMARTS) is 1. The van der Waals surface area contributed by atoms with Gasteiger partial charge in [0.25, 0.3) is 0 Å². The largest absolute Gasteiger partial charge is 0.478 e. The fourth-order valence-corrected chi connectivity index (χ4v) is 1.89. The third kappa shape index (κ3) is 3.26. The molecule has 1 aromatic carbocycles. The number of aromatic nitrogens is 1. The lowest BCUT2D eigenvalue weighted by Gasteiger charge is -2.09. The molecule has 0 spiro atoms. The van der Waals surface area contributed by atoms with E-state index in [-0.39, 0.29) is 22.1 Å². The lowest BCUT2D eigenvalue weighted by Crippen LogP contribution is -2.02. The number of aryl methyl sites for hydroxylation is 1. The van der Waals surface area contributed by atoms with E-state index in [1.165, 1.54) is 30.5 Å². The molecular weight excluding hydrogens is 298 g/mol. The highest BCUT2D eigenvalue weighted by Gasteiger charge is 2.17. The highest BCUT2D eigenvalue weighted by molar-refractivity contribution is 6.33. The number of carbonyl (C=O) groups is 1. The van der Waals surface area contributed by atoms with Crippen molar-refractivity contribution in [1.82, 2.24) is 4.98 Å². The van der Waals surface area contributed by atoms with Gasteiger partial charge in [-0.2, -0.15) is 0 Å². The molecule has 0 atom stereocenters. The van der Waals surface area contributed by atoms with Crippen LogP contribution in [0.2, 0.25) is 5.02 Å². The predicted octanol–water partition coefficient (Wildman–Crippen LogP) is 3.39. The molecule has 2 N–H and O–H groups in total. The van der Waals surface area contributed by atoms with Crippen molar-refractivity contribution < 1.29 is 14.8 Å². The number of nitrogens with zero attached hydrogens (tertiary/aromatic N) is 2. The van der Waals surface area contributed by atoms with E-state index < -0.39 is 10.9 Å². The fraction of sp³-hybridized carbons (Fsp3) is 0.0769. The van der Waals surface area contributed by atoms with Gasteiger partial charge in [-0.1, -0.05) is 11.6 Å². The Bertz CT molecular complexity index is 733. The van der Waals surface area contributed by atoms with Crippen molar-refractivity contribution in [3.63, 3.8) is 0 Å². The van der Waals surface area contributed by atoms with Gasteiger partial charge in [-0.05, 0) is 30.7 Å². The van der Waals surface area contributed by atoms with Gasteiger partial charge in [0.1, 0.15) is 0 Å². The molecule has 21 heavy (non-hydrogen) atoms. The van der Waals surface area contributed by atoms with Crippen LogP contribution in [-0.4, -0.2) is 21.0 Å². The van der Waals surface area contributed by atoms with Crippen LogP contribution in [0.1, 0.15) is 15.9 Å². The minimum atomic E-state index is -1.11. The molecule has 0 saturated heterocycles. The van der Waals surface area contributed by atoms with Crippen LogP contribution in [0.15, 0.2) is 30.5 Å². The summed E-state index contributed by atoms with van der Waals surface area (Å²) in [4.78, 5) is 25.2. The zero-order chi connectivity index (χ0) is 15.6. The Balaban J connectivity index is 2.39. The normalized spacial score (nSPS) is 10.2. The van der Waals surface area contributed by atoms with E-state index in [0.29, 0.717) is 11.3 Å². The van der Waals surface area contributed by atoms with Gasteiger partial charge < -0.3 is 10.4 Å². The van der Waals surface area contributed by atoms with Crippen molar-refractivity contribution in [2.24, 2.45) is 0 Å². The number of nitrogens with one attached hydrogen (secondary N) is 1. The molecular formula is C13H10ClN3O4. The lowest BCUT2D eigenvalue weighted by atomic mass is 10.2. The first-order valence-electron chi connectivity index (χ1n) is 5.79. The Morgan fingerprint density at radius 1 is 1.43 bits per heavy atom. The van der Waals surface area contributed by atoms with Crippen molar-refractivity contribution in [2.45, 2.75) is 6.92 Å². The number of benzene rings is 1. The second-order valence-electron chi connectivity index (χ2n) is 4.26. The van der Waals surface area contributed by atoms with Gasteiger partial charge >= 0.3 is 11.7 Å². The van der Waals surface area contributed by atoms with Gasteiger partial charge in [0, 0.05) is 12.3 Å². The maximum atomic E-state index is 11.0. The van der Waals surface area contributed by atoms with E-state index in [1.807, 2.05) is 0 Å². The van der Waals surface area contributed by atoms with Gasteiger partial charge in [-0.3, -0.25) is 10.1 Å². The second kappa shape index (κ2) is 5.76. The molecule has 0 aliphatic carbocycles. The molecule has 7 nitrogen and oxygen atoms in total. The number of pyridine rings is 1. The molecule has 0 saturated carbocycles. The topological polar surface area (TPSA) is 105 Å². The Morgan fingerprint density at radius 3 is 2.71 bits per heavy atom. The predicted molar refractivity (Wildman–Crippen MR) is 77.3 cm³/mol. The van der Waals surface area contributed by atoms with Crippen molar-refractivity contribution in [1.29, 1.82) is 0 Å². The summed E-state index contributed by atoms with van der Waals surface area (Å²) < 4.78 is 0. The molecule has 1 heterocycles. The zero-order valence-electron chi connectivity index (χ0n) is 10.8. The summed E-state index contributed by atoms with van der Waals surface area (Å²) >= 11 is 5.96. The Kier molecular flexibility index (Phi) is 4.04. The molecule has 0 unspecified atom stereocenters. The fourth-order valence-electron chi connectivity index (χ4n) is 1.67. The van der Waals surface area contributed by atoms with Crippen LogP contribution in [0, 0.1) is 17.0 Å². The molecule has 2 aromatic rings. The standard InChI is InChI=1S/C13H10ClN3O4/c1-7-4-11(17(20)21)12(15-6-7)16-10-3-2-8(13(18)19)5-9(10)14/h2-6H,1H3,(H,15,16)(H,18,19). The van der Waals surface area contributed by atoms with E-state index in [4.69, 9.17) is 16.7 Å². The summed E-state index contributed by atoms with van der Waals surface area (Å²) in [6.45, 7) is 1.69. The molecule has 1 aromatic heterocycles. The molecule has 0 fully saturated rings. The number of aromatic carboxylic acids is 1. The van der Waals surface area contributed by atoms with Crippen LogP contribution in [0.3, 0.4) is 0 Å². The molecule has 0 bridgehead atoms. The van der Waals surface area contributed by atoms with E-state index in [2.05, 4.69) is 10.3 Å². The molecule has 0 amide bonds. The minimum Gasteiger partial charge on any atom is -0.478 e. The van der Waals surface area contributed by atoms with E-state index in [0.717, 1.165) is 0 Å². The molecule has 8 heteroatoms. The summed E-state index contributed by atoms with van der Waals surface area (Å²) in [6, 6.07) is 5.41. The molecule has 0 aliphatic heterocycles. The van der Waals surface area contributed by atoms with E-state index in [9.17, 15) is 14.9 Å². The molecule has 0 aliphatic rings. The van der Waals surface area contributed by atoms with Gasteiger partial charge in [0.05, 0.1) is 21.2 Å². The average molecular weight is 308 g/mol. The summed E-state index contributed by atoms with van der Waals surface area (Å²) in [7, 11) is 0. The third-order valence-electron chi connectivity index (χ3n) is 2.67. The summed E-state index contributed by atoms with van der Waals surface area (Å²) in [5.41, 5.74) is 0.825. The van der Waals surface area contributed by atoms with Crippen LogP contribution in [0.4, 0.5) is 17.2 Å². The van der Waals surface area contributed by atoms with Gasteiger partial charge in [-0.25, -0.2) is 9.78 Å². The van der Waals surface area contributed by atoms with Gasteiger partial charge in [0.15, 0.2) is 0 Å². The molecule has 108 valence electrons. The average Bonchev–Trinajstić information content (AvgIpc) is 2.42. The Labute approximate surface area is 124 Å². The number of carboxylic acids is 1. The van der Waals surface area contributed by atoms with Crippen molar-refractivity contribution in [3.8, 4) is 0 Å².